The Labute approximate surface area is 145 Å². The number of benzene rings is 1. The smallest absolute Gasteiger partial charge is 0.200 e. The first-order valence-electron chi connectivity index (χ1n) is 8.55. The summed E-state index contributed by atoms with van der Waals surface area (Å²) < 4.78 is 10.4. The lowest BCUT2D eigenvalue weighted by Gasteiger charge is -2.16. The van der Waals surface area contributed by atoms with Crippen molar-refractivity contribution in [2.45, 2.75) is 40.2 Å². The molecular formula is C18H31N3O3. The summed E-state index contributed by atoms with van der Waals surface area (Å²) in [6, 6.07) is 3.54. The molecule has 0 aliphatic carbocycles. The molecule has 0 aromatic heterocycles. The molecule has 0 amide bonds. The lowest BCUT2D eigenvalue weighted by Crippen LogP contribution is -2.39. The number of nitrogens with one attached hydrogen (secondary N) is 2. The van der Waals surface area contributed by atoms with Gasteiger partial charge in [-0.2, -0.15) is 0 Å². The van der Waals surface area contributed by atoms with E-state index in [1.807, 2.05) is 6.92 Å². The Hall–Kier alpha value is -2.11. The minimum absolute atomic E-state index is 0.00601. The Morgan fingerprint density at radius 1 is 1.08 bits per heavy atom. The maximum absolute atomic E-state index is 9.96. The Morgan fingerprint density at radius 2 is 1.67 bits per heavy atom. The molecule has 136 valence electrons. The van der Waals surface area contributed by atoms with Crippen molar-refractivity contribution in [3.8, 4) is 17.2 Å². The number of aliphatic imine (C=N–C) groups is 1. The van der Waals surface area contributed by atoms with Crippen LogP contribution in [0.2, 0.25) is 0 Å². The molecule has 1 rings (SSSR count). The molecule has 3 N–H and O–H groups in total. The summed E-state index contributed by atoms with van der Waals surface area (Å²) in [5.74, 6) is 2.20. The van der Waals surface area contributed by atoms with E-state index in [0.717, 1.165) is 37.5 Å². The van der Waals surface area contributed by atoms with E-state index in [4.69, 9.17) is 9.47 Å². The highest BCUT2D eigenvalue weighted by Gasteiger charge is 2.11. The van der Waals surface area contributed by atoms with Crippen molar-refractivity contribution in [3.63, 3.8) is 0 Å². The Bertz CT molecular complexity index is 503. The van der Waals surface area contributed by atoms with Crippen molar-refractivity contribution < 1.29 is 14.6 Å². The van der Waals surface area contributed by atoms with Gasteiger partial charge in [0.15, 0.2) is 17.5 Å². The zero-order chi connectivity index (χ0) is 17.9. The van der Waals surface area contributed by atoms with E-state index in [2.05, 4.69) is 29.5 Å². The third-order valence-electron chi connectivity index (χ3n) is 4.02. The summed E-state index contributed by atoms with van der Waals surface area (Å²) in [5.41, 5.74) is 0.904. The molecule has 0 heterocycles. The zero-order valence-electron chi connectivity index (χ0n) is 15.5. The van der Waals surface area contributed by atoms with Gasteiger partial charge in [-0.25, -0.2) is 4.99 Å². The van der Waals surface area contributed by atoms with Crippen LogP contribution in [0, 0.1) is 5.92 Å². The van der Waals surface area contributed by atoms with Gasteiger partial charge < -0.3 is 25.2 Å². The molecule has 0 bridgehead atoms. The largest absolute Gasteiger partial charge is 0.502 e. The van der Waals surface area contributed by atoms with Gasteiger partial charge >= 0.3 is 0 Å². The molecular weight excluding hydrogens is 306 g/mol. The minimum atomic E-state index is 0.00601. The fourth-order valence-electron chi connectivity index (χ4n) is 2.37. The number of hydrogen-bond acceptors (Lipinski definition) is 4. The molecule has 1 aromatic carbocycles. The van der Waals surface area contributed by atoms with E-state index in [0.29, 0.717) is 24.0 Å². The van der Waals surface area contributed by atoms with Gasteiger partial charge in [0.25, 0.3) is 0 Å². The monoisotopic (exact) mass is 337 g/mol. The van der Waals surface area contributed by atoms with Crippen LogP contribution in [0.4, 0.5) is 0 Å². The highest BCUT2D eigenvalue weighted by Crippen LogP contribution is 2.37. The first-order chi connectivity index (χ1) is 11.6. The molecule has 0 fully saturated rings. The van der Waals surface area contributed by atoms with Crippen LogP contribution in [0.5, 0.6) is 17.2 Å². The van der Waals surface area contributed by atoms with Crippen molar-refractivity contribution in [3.05, 3.63) is 17.7 Å². The second-order valence-electron chi connectivity index (χ2n) is 5.61. The summed E-state index contributed by atoms with van der Waals surface area (Å²) in [4.78, 5) is 4.61. The van der Waals surface area contributed by atoms with E-state index >= 15 is 0 Å². The van der Waals surface area contributed by atoms with E-state index in [9.17, 15) is 5.11 Å². The molecule has 24 heavy (non-hydrogen) atoms. The van der Waals surface area contributed by atoms with Gasteiger partial charge in [0.05, 0.1) is 20.8 Å². The predicted octanol–water partition coefficient (Wildman–Crippen LogP) is 2.90. The quantitative estimate of drug-likeness (QED) is 0.477. The number of methoxy groups -OCH3 is 2. The molecule has 0 spiro atoms. The van der Waals surface area contributed by atoms with Crippen LogP contribution in [0.25, 0.3) is 0 Å². The summed E-state index contributed by atoms with van der Waals surface area (Å²) in [6.07, 6.45) is 2.30. The predicted molar refractivity (Wildman–Crippen MR) is 98.1 cm³/mol. The van der Waals surface area contributed by atoms with Gasteiger partial charge in [-0.15, -0.1) is 0 Å². The number of phenolic OH excluding ortho intramolecular Hbond substituents is 1. The van der Waals surface area contributed by atoms with Crippen LogP contribution in [0.15, 0.2) is 17.1 Å². The lowest BCUT2D eigenvalue weighted by atomic mass is 10.0. The Morgan fingerprint density at radius 3 is 2.12 bits per heavy atom. The second-order valence-corrected chi connectivity index (χ2v) is 5.61. The molecule has 0 unspecified atom stereocenters. The minimum Gasteiger partial charge on any atom is -0.502 e. The average Bonchev–Trinajstić information content (AvgIpc) is 2.61. The number of rotatable bonds is 9. The van der Waals surface area contributed by atoms with Crippen molar-refractivity contribution in [1.82, 2.24) is 10.6 Å². The standard InChI is InChI=1S/C18H31N3O3/c1-6-13(7-2)11-20-18(19-8-3)21-12-14-9-15(23-4)17(22)16(10-14)24-5/h9-10,13,22H,6-8,11-12H2,1-5H3,(H2,19,20,21). The van der Waals surface area contributed by atoms with Crippen LogP contribution in [0.3, 0.4) is 0 Å². The highest BCUT2D eigenvalue weighted by atomic mass is 16.5. The first kappa shape index (κ1) is 19.9. The summed E-state index contributed by atoms with van der Waals surface area (Å²) in [6.45, 7) is 8.62. The van der Waals surface area contributed by atoms with Crippen molar-refractivity contribution in [2.75, 3.05) is 27.3 Å². The van der Waals surface area contributed by atoms with E-state index in [1.165, 1.54) is 14.2 Å². The molecule has 0 aliphatic rings. The lowest BCUT2D eigenvalue weighted by molar-refractivity contribution is 0.339. The van der Waals surface area contributed by atoms with Gasteiger partial charge in [0.1, 0.15) is 0 Å². The third-order valence-corrected chi connectivity index (χ3v) is 4.02. The summed E-state index contributed by atoms with van der Waals surface area (Å²) >= 11 is 0. The van der Waals surface area contributed by atoms with Crippen molar-refractivity contribution in [2.24, 2.45) is 10.9 Å². The van der Waals surface area contributed by atoms with Gasteiger partial charge in [-0.05, 0) is 30.5 Å². The molecule has 6 nitrogen and oxygen atoms in total. The zero-order valence-corrected chi connectivity index (χ0v) is 15.5. The maximum atomic E-state index is 9.96. The third kappa shape index (κ3) is 5.83. The molecule has 0 radical (unpaired) electrons. The fourth-order valence-corrected chi connectivity index (χ4v) is 2.37. The normalized spacial score (nSPS) is 11.5. The first-order valence-corrected chi connectivity index (χ1v) is 8.55. The van der Waals surface area contributed by atoms with Gasteiger partial charge in [0.2, 0.25) is 5.75 Å². The molecule has 0 saturated heterocycles. The van der Waals surface area contributed by atoms with Gasteiger partial charge in [0, 0.05) is 13.1 Å². The van der Waals surface area contributed by atoms with Crippen LogP contribution in [-0.4, -0.2) is 38.4 Å². The van der Waals surface area contributed by atoms with E-state index < -0.39 is 0 Å². The van der Waals surface area contributed by atoms with Gasteiger partial charge in [-0.1, -0.05) is 26.7 Å². The van der Waals surface area contributed by atoms with E-state index in [1.54, 1.807) is 12.1 Å². The maximum Gasteiger partial charge on any atom is 0.200 e. The second kappa shape index (κ2) is 10.6. The summed E-state index contributed by atoms with van der Waals surface area (Å²) in [5, 5.41) is 16.6. The van der Waals surface area contributed by atoms with Crippen LogP contribution in [-0.2, 0) is 6.54 Å². The van der Waals surface area contributed by atoms with Crippen molar-refractivity contribution >= 4 is 5.96 Å². The molecule has 0 saturated carbocycles. The molecule has 0 aliphatic heterocycles. The van der Waals surface area contributed by atoms with E-state index in [-0.39, 0.29) is 5.75 Å². The Kier molecular flexibility index (Phi) is 8.83. The molecule has 0 atom stereocenters. The summed E-state index contributed by atoms with van der Waals surface area (Å²) in [7, 11) is 3.03. The number of hydrogen-bond donors (Lipinski definition) is 3. The Balaban J connectivity index is 2.85. The van der Waals surface area contributed by atoms with Gasteiger partial charge in [-0.3, -0.25) is 0 Å². The molecule has 6 heteroatoms. The van der Waals surface area contributed by atoms with Crippen LogP contribution < -0.4 is 20.1 Å². The average molecular weight is 337 g/mol. The fraction of sp³-hybridized carbons (Fsp3) is 0.611. The number of nitrogens with zero attached hydrogens (tertiary/aromatic N) is 1. The van der Waals surface area contributed by atoms with Crippen LogP contribution >= 0.6 is 0 Å². The number of ether oxygens (including phenoxy) is 2. The topological polar surface area (TPSA) is 75.1 Å². The number of guanidine groups is 1. The SMILES string of the molecule is CCNC(=NCc1cc(OC)c(O)c(OC)c1)NCC(CC)CC. The van der Waals surface area contributed by atoms with Crippen LogP contribution in [0.1, 0.15) is 39.2 Å². The molecule has 1 aromatic rings. The highest BCUT2D eigenvalue weighted by molar-refractivity contribution is 5.79. The number of aromatic hydroxyl groups is 1. The number of phenols is 1. The van der Waals surface area contributed by atoms with Crippen molar-refractivity contribution in [1.29, 1.82) is 0 Å².